The second kappa shape index (κ2) is 6.10. The second-order valence-corrected chi connectivity index (χ2v) is 6.71. The van der Waals surface area contributed by atoms with Crippen molar-refractivity contribution >= 4 is 23.3 Å². The summed E-state index contributed by atoms with van der Waals surface area (Å²) in [7, 11) is 0. The van der Waals surface area contributed by atoms with Gasteiger partial charge in [0.2, 0.25) is 0 Å². The number of carbonyl (C=O) groups excluding carboxylic acids is 1. The van der Waals surface area contributed by atoms with Gasteiger partial charge in [0.05, 0.1) is 11.5 Å². The first kappa shape index (κ1) is 14.9. The molecule has 3 heteroatoms. The van der Waals surface area contributed by atoms with Gasteiger partial charge in [-0.1, -0.05) is 60.7 Å². The fourth-order valence-electron chi connectivity index (χ4n) is 3.49. The summed E-state index contributed by atoms with van der Waals surface area (Å²) < 4.78 is 0. The van der Waals surface area contributed by atoms with Crippen molar-refractivity contribution in [1.29, 1.82) is 0 Å². The van der Waals surface area contributed by atoms with Gasteiger partial charge in [-0.2, -0.15) is 11.3 Å². The molecule has 3 aromatic rings. The molecule has 2 aromatic carbocycles. The lowest BCUT2D eigenvalue weighted by atomic mass is 9.70. The molecule has 1 aliphatic heterocycles. The number of thiophene rings is 1. The topological polar surface area (TPSA) is 29.1 Å². The van der Waals surface area contributed by atoms with Crippen LogP contribution in [-0.2, 0) is 10.2 Å². The molecule has 1 aromatic heterocycles. The standard InChI is InChI=1S/C21H17NOS/c23-14-20-21(17-7-3-1-4-8-17,18-9-5-2-6-10-18)13-19(22-20)16-11-12-24-15-16/h1-15,20,22H. The molecule has 1 atom stereocenters. The monoisotopic (exact) mass is 331 g/mol. The Morgan fingerprint density at radius 1 is 0.917 bits per heavy atom. The normalized spacial score (nSPS) is 18.7. The number of carbonyl (C=O) groups is 1. The smallest absolute Gasteiger partial charge is 0.143 e. The lowest BCUT2D eigenvalue weighted by molar-refractivity contribution is -0.109. The number of hydrogen-bond donors (Lipinski definition) is 1. The van der Waals surface area contributed by atoms with Crippen LogP contribution in [0, 0.1) is 0 Å². The van der Waals surface area contributed by atoms with E-state index in [1.165, 1.54) is 0 Å². The molecule has 1 aliphatic rings. The van der Waals surface area contributed by atoms with Crippen molar-refractivity contribution in [2.45, 2.75) is 11.5 Å². The number of benzene rings is 2. The Kier molecular flexibility index (Phi) is 3.79. The first-order valence-electron chi connectivity index (χ1n) is 7.93. The van der Waals surface area contributed by atoms with E-state index >= 15 is 0 Å². The Bertz CT molecular complexity index is 814. The van der Waals surface area contributed by atoms with Crippen LogP contribution in [0.2, 0.25) is 0 Å². The molecular weight excluding hydrogens is 314 g/mol. The highest BCUT2D eigenvalue weighted by Crippen LogP contribution is 2.43. The van der Waals surface area contributed by atoms with Gasteiger partial charge in [0.15, 0.2) is 0 Å². The first-order chi connectivity index (χ1) is 11.8. The van der Waals surface area contributed by atoms with Crippen LogP contribution < -0.4 is 5.32 Å². The third-order valence-corrected chi connectivity index (χ3v) is 5.33. The lowest BCUT2D eigenvalue weighted by Gasteiger charge is -2.32. The molecule has 1 unspecified atom stereocenters. The summed E-state index contributed by atoms with van der Waals surface area (Å²) in [6, 6.07) is 22.2. The summed E-state index contributed by atoms with van der Waals surface area (Å²) in [5, 5.41) is 7.59. The van der Waals surface area contributed by atoms with E-state index in [2.05, 4.69) is 52.5 Å². The second-order valence-electron chi connectivity index (χ2n) is 5.93. The van der Waals surface area contributed by atoms with Crippen molar-refractivity contribution in [3.05, 3.63) is 100 Å². The largest absolute Gasteiger partial charge is 0.374 e. The van der Waals surface area contributed by atoms with Crippen molar-refractivity contribution in [1.82, 2.24) is 5.32 Å². The van der Waals surface area contributed by atoms with E-state index in [1.807, 2.05) is 36.4 Å². The average Bonchev–Trinajstić information content (AvgIpc) is 3.31. The molecule has 0 fully saturated rings. The van der Waals surface area contributed by atoms with Gasteiger partial charge in [0, 0.05) is 11.3 Å². The average molecular weight is 331 g/mol. The fraction of sp³-hybridized carbons (Fsp3) is 0.0952. The maximum Gasteiger partial charge on any atom is 0.143 e. The molecule has 118 valence electrons. The molecule has 0 aliphatic carbocycles. The van der Waals surface area contributed by atoms with Crippen molar-refractivity contribution in [3.63, 3.8) is 0 Å². The molecule has 24 heavy (non-hydrogen) atoms. The summed E-state index contributed by atoms with van der Waals surface area (Å²) in [6.07, 6.45) is 3.23. The van der Waals surface area contributed by atoms with E-state index in [1.54, 1.807) is 11.3 Å². The van der Waals surface area contributed by atoms with Gasteiger partial charge in [0.1, 0.15) is 6.29 Å². The molecule has 0 radical (unpaired) electrons. The van der Waals surface area contributed by atoms with E-state index in [4.69, 9.17) is 0 Å². The molecule has 2 heterocycles. The van der Waals surface area contributed by atoms with Gasteiger partial charge >= 0.3 is 0 Å². The zero-order chi connectivity index (χ0) is 16.4. The summed E-state index contributed by atoms with van der Waals surface area (Å²) in [6.45, 7) is 0. The van der Waals surface area contributed by atoms with E-state index in [-0.39, 0.29) is 6.04 Å². The predicted molar refractivity (Wildman–Crippen MR) is 98.9 cm³/mol. The quantitative estimate of drug-likeness (QED) is 0.724. The van der Waals surface area contributed by atoms with E-state index in [0.717, 1.165) is 28.7 Å². The highest BCUT2D eigenvalue weighted by atomic mass is 32.1. The molecule has 2 nitrogen and oxygen atoms in total. The van der Waals surface area contributed by atoms with Gasteiger partial charge < -0.3 is 10.1 Å². The first-order valence-corrected chi connectivity index (χ1v) is 8.87. The van der Waals surface area contributed by atoms with E-state index in [9.17, 15) is 4.79 Å². The number of nitrogens with one attached hydrogen (secondary N) is 1. The van der Waals surface area contributed by atoms with Gasteiger partial charge in [0.25, 0.3) is 0 Å². The summed E-state index contributed by atoms with van der Waals surface area (Å²) in [4.78, 5) is 12.0. The van der Waals surface area contributed by atoms with Crippen LogP contribution >= 0.6 is 11.3 Å². The summed E-state index contributed by atoms with van der Waals surface area (Å²) in [5.74, 6) is 0. The minimum absolute atomic E-state index is 0.336. The highest BCUT2D eigenvalue weighted by Gasteiger charge is 2.45. The van der Waals surface area contributed by atoms with Crippen LogP contribution in [0.15, 0.2) is 83.6 Å². The van der Waals surface area contributed by atoms with Crippen LogP contribution in [0.5, 0.6) is 0 Å². The minimum atomic E-state index is -0.498. The zero-order valence-electron chi connectivity index (χ0n) is 13.1. The minimum Gasteiger partial charge on any atom is -0.374 e. The molecular formula is C21H17NOS. The lowest BCUT2D eigenvalue weighted by Crippen LogP contribution is -2.43. The van der Waals surface area contributed by atoms with Crippen LogP contribution in [0.1, 0.15) is 16.7 Å². The number of hydrogen-bond acceptors (Lipinski definition) is 3. The van der Waals surface area contributed by atoms with Crippen molar-refractivity contribution < 1.29 is 4.79 Å². The van der Waals surface area contributed by atoms with Crippen molar-refractivity contribution in [2.24, 2.45) is 0 Å². The maximum atomic E-state index is 12.0. The molecule has 0 amide bonds. The Morgan fingerprint density at radius 2 is 1.54 bits per heavy atom. The Balaban J connectivity index is 1.97. The molecule has 0 bridgehead atoms. The van der Waals surface area contributed by atoms with Crippen LogP contribution in [-0.4, -0.2) is 12.3 Å². The molecule has 0 saturated carbocycles. The van der Waals surface area contributed by atoms with Crippen LogP contribution in [0.25, 0.3) is 5.70 Å². The molecule has 0 saturated heterocycles. The van der Waals surface area contributed by atoms with Crippen molar-refractivity contribution in [3.8, 4) is 0 Å². The zero-order valence-corrected chi connectivity index (χ0v) is 13.9. The molecule has 4 rings (SSSR count). The van der Waals surface area contributed by atoms with Crippen molar-refractivity contribution in [2.75, 3.05) is 0 Å². The maximum absolute atomic E-state index is 12.0. The Hall–Kier alpha value is -2.65. The predicted octanol–water partition coefficient (Wildman–Crippen LogP) is 4.25. The van der Waals surface area contributed by atoms with E-state index in [0.29, 0.717) is 0 Å². The number of aldehydes is 1. The molecule has 0 spiro atoms. The Labute approximate surface area is 145 Å². The Morgan fingerprint density at radius 3 is 2.04 bits per heavy atom. The third kappa shape index (κ3) is 2.29. The highest BCUT2D eigenvalue weighted by molar-refractivity contribution is 7.08. The number of rotatable bonds is 4. The van der Waals surface area contributed by atoms with Gasteiger partial charge in [-0.25, -0.2) is 0 Å². The summed E-state index contributed by atoms with van der Waals surface area (Å²) in [5.41, 5.74) is 3.88. The van der Waals surface area contributed by atoms with E-state index < -0.39 is 5.41 Å². The van der Waals surface area contributed by atoms with Crippen LogP contribution in [0.4, 0.5) is 0 Å². The van der Waals surface area contributed by atoms with Gasteiger partial charge in [-0.05, 0) is 34.0 Å². The fourth-order valence-corrected chi connectivity index (χ4v) is 4.14. The molecule has 1 N–H and O–H groups in total. The van der Waals surface area contributed by atoms with Crippen LogP contribution in [0.3, 0.4) is 0 Å². The van der Waals surface area contributed by atoms with Gasteiger partial charge in [-0.3, -0.25) is 0 Å². The third-order valence-electron chi connectivity index (χ3n) is 4.64. The summed E-state index contributed by atoms with van der Waals surface area (Å²) >= 11 is 1.66. The SMILES string of the molecule is O=CC1NC(c2ccsc2)=CC1(c1ccccc1)c1ccccc1. The van der Waals surface area contributed by atoms with Gasteiger partial charge in [-0.15, -0.1) is 0 Å².